The van der Waals surface area contributed by atoms with Crippen molar-refractivity contribution < 1.29 is 26.0 Å². The van der Waals surface area contributed by atoms with Crippen molar-refractivity contribution in [3.8, 4) is 0 Å². The fraction of sp³-hybridized carbons (Fsp3) is 0.361. The van der Waals surface area contributed by atoms with Gasteiger partial charge in [0.1, 0.15) is 33.7 Å². The number of nitro benzene ring substituents is 2. The van der Waals surface area contributed by atoms with Crippen LogP contribution >= 0.6 is 0 Å². The number of nitrogens with zero attached hydrogens (tertiary/aromatic N) is 8. The van der Waals surface area contributed by atoms with E-state index >= 15 is 0 Å². The number of unbranched alkanes of at least 4 members (excludes halogenated alkanes) is 3. The molecule has 0 fully saturated rings. The number of aromatic carboxylic acids is 1. The molecule has 0 aliphatic rings. The lowest BCUT2D eigenvalue weighted by atomic mass is 10.0. The van der Waals surface area contributed by atoms with E-state index < -0.39 is 15.8 Å². The first-order chi connectivity index (χ1) is 24.7. The summed E-state index contributed by atoms with van der Waals surface area (Å²) >= 11 is 0. The van der Waals surface area contributed by atoms with E-state index in [4.69, 9.17) is 15.8 Å². The van der Waals surface area contributed by atoms with Gasteiger partial charge in [-0.2, -0.15) is 0 Å². The first-order valence-corrected chi connectivity index (χ1v) is 16.8. The van der Waals surface area contributed by atoms with E-state index in [1.807, 2.05) is 12.1 Å². The minimum absolute atomic E-state index is 0. The number of carbonyl (C=O) groups is 2. The number of nitro groups is 2. The van der Waals surface area contributed by atoms with Crippen LogP contribution < -0.4 is 15.5 Å². The van der Waals surface area contributed by atoms with E-state index in [-0.39, 0.29) is 24.1 Å². The number of carboxylic acids is 1. The number of aromatic nitrogens is 4. The number of carbonyl (C=O) groups excluding carboxylic acids is 1. The molecule has 5 rings (SSSR count). The highest BCUT2D eigenvalue weighted by Gasteiger charge is 2.21. The SMILES string of the molecule is CCCCc1nc2c(N)nc3cccnc3c2n1CCCCCC(=O)c1ccc(N(C)C)c([N+](=O)[O-])c1.CN(C)c1ccc(C(=O)O)cc1[N+](=O)[O-].[2HH]. The van der Waals surface area contributed by atoms with Crippen molar-refractivity contribution in [2.45, 2.75) is 58.4 Å². The molecule has 3 aromatic heterocycles. The van der Waals surface area contributed by atoms with E-state index in [0.29, 0.717) is 41.1 Å². The highest BCUT2D eigenvalue weighted by molar-refractivity contribution is 6.04. The Morgan fingerprint density at radius 3 is 2.06 bits per heavy atom. The fourth-order valence-corrected chi connectivity index (χ4v) is 5.82. The lowest BCUT2D eigenvalue weighted by Gasteiger charge is -2.13. The molecule has 52 heavy (non-hydrogen) atoms. The van der Waals surface area contributed by atoms with Crippen molar-refractivity contribution in [1.29, 1.82) is 0 Å². The van der Waals surface area contributed by atoms with Gasteiger partial charge in [0.2, 0.25) is 0 Å². The number of aryl methyl sites for hydroxylation is 2. The fourth-order valence-electron chi connectivity index (χ4n) is 5.82. The Labute approximate surface area is 301 Å². The Kier molecular flexibility index (Phi) is 12.7. The number of Topliss-reactive ketones (excluding diaryl/α,β-unsaturated/α-hetero) is 1. The van der Waals surface area contributed by atoms with Gasteiger partial charge in [0.05, 0.1) is 20.9 Å². The maximum Gasteiger partial charge on any atom is 0.335 e. The summed E-state index contributed by atoms with van der Waals surface area (Å²) < 4.78 is 2.21. The van der Waals surface area contributed by atoms with Gasteiger partial charge in [-0.25, -0.2) is 14.8 Å². The Hall–Kier alpha value is -6.19. The van der Waals surface area contributed by atoms with Crippen molar-refractivity contribution >= 4 is 62.4 Å². The third kappa shape index (κ3) is 8.93. The van der Waals surface area contributed by atoms with Crippen LogP contribution in [0.3, 0.4) is 0 Å². The largest absolute Gasteiger partial charge is 0.478 e. The maximum atomic E-state index is 12.7. The van der Waals surface area contributed by atoms with Gasteiger partial charge >= 0.3 is 5.97 Å². The third-order valence-corrected chi connectivity index (χ3v) is 8.46. The van der Waals surface area contributed by atoms with Crippen LogP contribution in [0.15, 0.2) is 54.7 Å². The van der Waals surface area contributed by atoms with Gasteiger partial charge in [-0.15, -0.1) is 0 Å². The zero-order valence-electron chi connectivity index (χ0n) is 29.9. The summed E-state index contributed by atoms with van der Waals surface area (Å²) in [6, 6.07) is 12.2. The lowest BCUT2D eigenvalue weighted by molar-refractivity contribution is -0.384. The predicted octanol–water partition coefficient (Wildman–Crippen LogP) is 6.93. The molecule has 16 nitrogen and oxygen atoms in total. The second-order valence-electron chi connectivity index (χ2n) is 12.6. The van der Waals surface area contributed by atoms with E-state index in [1.165, 1.54) is 18.2 Å². The van der Waals surface area contributed by atoms with Crippen molar-refractivity contribution in [2.24, 2.45) is 0 Å². The van der Waals surface area contributed by atoms with Gasteiger partial charge in [0, 0.05) is 72.9 Å². The number of carboxylic acid groups (broad SMARTS) is 1. The van der Waals surface area contributed by atoms with Gasteiger partial charge < -0.3 is 25.2 Å². The van der Waals surface area contributed by atoms with Crippen molar-refractivity contribution in [2.75, 3.05) is 43.7 Å². The Balaban J connectivity index is 0.000000398. The predicted molar refractivity (Wildman–Crippen MR) is 203 cm³/mol. The van der Waals surface area contributed by atoms with Crippen LogP contribution in [0.5, 0.6) is 0 Å². The van der Waals surface area contributed by atoms with E-state index in [0.717, 1.165) is 67.1 Å². The topological polar surface area (TPSA) is 217 Å². The molecule has 0 saturated carbocycles. The molecular weight excluding hydrogens is 670 g/mol. The average Bonchev–Trinajstić information content (AvgIpc) is 3.49. The minimum Gasteiger partial charge on any atom is -0.478 e. The highest BCUT2D eigenvalue weighted by Crippen LogP contribution is 2.31. The summed E-state index contributed by atoms with van der Waals surface area (Å²) in [6.45, 7) is 2.89. The maximum absolute atomic E-state index is 12.7. The summed E-state index contributed by atoms with van der Waals surface area (Å²) in [7, 11) is 6.79. The molecule has 276 valence electrons. The number of rotatable bonds is 15. The molecule has 0 bridgehead atoms. The number of hydrogen-bond acceptors (Lipinski definition) is 12. The Bertz CT molecular complexity index is 2120. The number of benzene rings is 2. The molecule has 0 aliphatic carbocycles. The summed E-state index contributed by atoms with van der Waals surface area (Å²) in [5.74, 6) is 0.127. The van der Waals surface area contributed by atoms with Gasteiger partial charge in [-0.1, -0.05) is 19.8 Å². The molecule has 3 heterocycles. The molecule has 5 aromatic rings. The number of ketones is 1. The zero-order chi connectivity index (χ0) is 38.1. The van der Waals surface area contributed by atoms with E-state index in [1.54, 1.807) is 56.3 Å². The molecule has 16 heteroatoms. The van der Waals surface area contributed by atoms with Crippen LogP contribution in [0, 0.1) is 20.2 Å². The Morgan fingerprint density at radius 2 is 1.48 bits per heavy atom. The lowest BCUT2D eigenvalue weighted by Crippen LogP contribution is -2.12. The number of nitrogen functional groups attached to an aromatic ring is 1. The van der Waals surface area contributed by atoms with Crippen LogP contribution in [-0.4, -0.2) is 74.4 Å². The van der Waals surface area contributed by atoms with Crippen LogP contribution in [0.2, 0.25) is 0 Å². The number of imidazole rings is 1. The number of hydrogen-bond donors (Lipinski definition) is 2. The first-order valence-electron chi connectivity index (χ1n) is 16.8. The van der Waals surface area contributed by atoms with Gasteiger partial charge in [-0.3, -0.25) is 30.0 Å². The number of fused-ring (bicyclic) bond motifs is 3. The van der Waals surface area contributed by atoms with Gasteiger partial charge in [0.15, 0.2) is 11.6 Å². The molecule has 2 aromatic carbocycles. The van der Waals surface area contributed by atoms with Gasteiger partial charge in [0.25, 0.3) is 11.4 Å². The highest BCUT2D eigenvalue weighted by atomic mass is 16.6. The van der Waals surface area contributed by atoms with Crippen LogP contribution in [0.25, 0.3) is 22.1 Å². The molecule has 0 radical (unpaired) electrons. The van der Waals surface area contributed by atoms with Crippen LogP contribution in [-0.2, 0) is 13.0 Å². The second kappa shape index (κ2) is 17.2. The smallest absolute Gasteiger partial charge is 0.335 e. The van der Waals surface area contributed by atoms with Crippen molar-refractivity contribution in [3.63, 3.8) is 0 Å². The molecule has 0 amide bonds. The zero-order valence-corrected chi connectivity index (χ0v) is 29.9. The summed E-state index contributed by atoms with van der Waals surface area (Å²) in [5, 5.41) is 30.8. The summed E-state index contributed by atoms with van der Waals surface area (Å²) in [5.41, 5.74) is 10.3. The van der Waals surface area contributed by atoms with E-state index in [2.05, 4.69) is 21.5 Å². The number of pyridine rings is 2. The Morgan fingerprint density at radius 1 is 0.865 bits per heavy atom. The second-order valence-corrected chi connectivity index (χ2v) is 12.6. The van der Waals surface area contributed by atoms with E-state index in [9.17, 15) is 29.8 Å². The minimum atomic E-state index is -1.18. The molecule has 0 saturated heterocycles. The molecule has 0 unspecified atom stereocenters. The van der Waals surface area contributed by atoms with Crippen LogP contribution in [0.4, 0.5) is 28.6 Å². The number of anilines is 3. The van der Waals surface area contributed by atoms with Crippen LogP contribution in [0.1, 0.15) is 73.4 Å². The molecule has 0 spiro atoms. The summed E-state index contributed by atoms with van der Waals surface area (Å²) in [6.07, 6.45) is 7.41. The van der Waals surface area contributed by atoms with Gasteiger partial charge in [-0.05, 0) is 55.7 Å². The number of nitrogens with two attached hydrogens (primary N) is 1. The molecule has 3 N–H and O–H groups in total. The average molecular weight is 717 g/mol. The standard InChI is InChI=1S/C27H33N7O3.C9H10N2O4.H2/c1-4-5-12-23-31-25-26(24-19(30-27(25)28)10-9-15-29-24)33(23)16-8-6-7-11-22(35)18-13-14-20(32(2)3)21(17-18)34(36)37;1-10(2)7-4-3-6(9(12)13)5-8(7)11(14)15;/h9-10,13-15,17H,4-8,11-12,16H2,1-3H3,(H2,28,30);3-5H,1-2H3,(H,12,13);1H/i;;1+1. The first kappa shape index (κ1) is 38.6. The monoisotopic (exact) mass is 716 g/mol. The molecule has 0 aliphatic heterocycles. The molecule has 0 atom stereocenters. The quantitative estimate of drug-likeness (QED) is 0.0487. The third-order valence-electron chi connectivity index (χ3n) is 8.46. The normalized spacial score (nSPS) is 10.9. The summed E-state index contributed by atoms with van der Waals surface area (Å²) in [4.78, 5) is 61.6. The molecular formula is C36H45N9O7. The van der Waals surface area contributed by atoms with Crippen molar-refractivity contribution in [3.05, 3.63) is 91.9 Å². The van der Waals surface area contributed by atoms with Crippen molar-refractivity contribution in [1.82, 2.24) is 19.5 Å².